The molecule has 1 unspecified atom stereocenters. The minimum Gasteiger partial charge on any atom is -0.462 e. The van der Waals surface area contributed by atoms with Crippen LogP contribution in [-0.2, 0) is 4.74 Å². The lowest BCUT2D eigenvalue weighted by Gasteiger charge is -2.40. The number of para-hydroxylation sites is 3. The second kappa shape index (κ2) is 10.7. The molecule has 7 rings (SSSR count). The van der Waals surface area contributed by atoms with Crippen LogP contribution in [0.5, 0.6) is 0 Å². The maximum Gasteiger partial charge on any atom is 0.338 e. The van der Waals surface area contributed by atoms with E-state index in [0.29, 0.717) is 46.6 Å². The van der Waals surface area contributed by atoms with Crippen molar-refractivity contribution in [2.24, 2.45) is 9.98 Å². The average molecular weight is 571 g/mol. The number of aryl methyl sites for hydroxylation is 1. The van der Waals surface area contributed by atoms with Gasteiger partial charge in [0, 0.05) is 16.8 Å². The van der Waals surface area contributed by atoms with Gasteiger partial charge in [-0.1, -0.05) is 48.5 Å². The summed E-state index contributed by atoms with van der Waals surface area (Å²) in [4.78, 5) is 24.4. The Morgan fingerprint density at radius 3 is 2.40 bits per heavy atom. The van der Waals surface area contributed by atoms with Crippen LogP contribution in [0.4, 0.5) is 27.3 Å². The van der Waals surface area contributed by atoms with E-state index in [2.05, 4.69) is 5.32 Å². The summed E-state index contributed by atoms with van der Waals surface area (Å²) in [6.45, 7) is 4.00. The van der Waals surface area contributed by atoms with Crippen molar-refractivity contribution in [3.8, 4) is 5.69 Å². The summed E-state index contributed by atoms with van der Waals surface area (Å²) in [7, 11) is 0. The summed E-state index contributed by atoms with van der Waals surface area (Å²) in [6.07, 6.45) is 0. The van der Waals surface area contributed by atoms with Crippen molar-refractivity contribution in [1.29, 1.82) is 0 Å². The van der Waals surface area contributed by atoms with E-state index >= 15 is 4.39 Å². The molecule has 0 bridgehead atoms. The normalized spacial score (nSPS) is 15.0. The molecule has 0 aliphatic carbocycles. The number of aliphatic imine (C=N–C) groups is 2. The molecule has 0 radical (unpaired) electrons. The molecule has 0 saturated carbocycles. The van der Waals surface area contributed by atoms with E-state index in [1.54, 1.807) is 41.9 Å². The molecule has 8 nitrogen and oxygen atoms in total. The van der Waals surface area contributed by atoms with Crippen molar-refractivity contribution in [2.75, 3.05) is 16.8 Å². The largest absolute Gasteiger partial charge is 0.462 e. The Bertz CT molecular complexity index is 1910. The van der Waals surface area contributed by atoms with E-state index in [1.807, 2.05) is 78.6 Å². The van der Waals surface area contributed by atoms with Gasteiger partial charge in [-0.15, -0.1) is 0 Å². The van der Waals surface area contributed by atoms with Gasteiger partial charge in [-0.05, 0) is 68.4 Å². The van der Waals surface area contributed by atoms with Gasteiger partial charge in [0.2, 0.25) is 0 Å². The molecule has 4 aromatic carbocycles. The van der Waals surface area contributed by atoms with Gasteiger partial charge in [0.15, 0.2) is 17.5 Å². The zero-order valence-electron chi connectivity index (χ0n) is 23.5. The predicted molar refractivity (Wildman–Crippen MR) is 166 cm³/mol. The van der Waals surface area contributed by atoms with Crippen LogP contribution in [0.2, 0.25) is 0 Å². The van der Waals surface area contributed by atoms with Gasteiger partial charge in [-0.25, -0.2) is 23.9 Å². The van der Waals surface area contributed by atoms with Crippen molar-refractivity contribution in [1.82, 2.24) is 9.78 Å². The number of aromatic nitrogens is 2. The SMILES string of the molecule is CCOC(=O)c1ccc(NC2=Nc3ccccc3N3C2=Nc2c(c(C)nn2-c2ccccc2)C3c2ccccc2F)cc1. The number of anilines is 2. The molecule has 2 aliphatic heterocycles. The van der Waals surface area contributed by atoms with Gasteiger partial charge < -0.3 is 15.0 Å². The predicted octanol–water partition coefficient (Wildman–Crippen LogP) is 7.29. The van der Waals surface area contributed by atoms with Crippen LogP contribution in [0.3, 0.4) is 0 Å². The van der Waals surface area contributed by atoms with E-state index in [0.717, 1.165) is 22.6 Å². The van der Waals surface area contributed by atoms with Crippen LogP contribution >= 0.6 is 0 Å². The smallest absolute Gasteiger partial charge is 0.338 e. The Balaban J connectivity index is 1.42. The molecule has 1 aromatic heterocycles. The molecule has 1 atom stereocenters. The molecule has 5 aromatic rings. The molecule has 0 amide bonds. The van der Waals surface area contributed by atoms with Crippen molar-refractivity contribution in [3.63, 3.8) is 0 Å². The number of hydrogen-bond donors (Lipinski definition) is 1. The van der Waals surface area contributed by atoms with Crippen LogP contribution in [0, 0.1) is 12.7 Å². The first-order valence-corrected chi connectivity index (χ1v) is 14.0. The summed E-state index contributed by atoms with van der Waals surface area (Å²) in [5.41, 5.74) is 5.57. The molecule has 0 saturated heterocycles. The first-order chi connectivity index (χ1) is 21.0. The molecule has 9 heteroatoms. The van der Waals surface area contributed by atoms with E-state index in [1.165, 1.54) is 6.07 Å². The van der Waals surface area contributed by atoms with Crippen molar-refractivity contribution in [2.45, 2.75) is 19.9 Å². The average Bonchev–Trinajstić information content (AvgIpc) is 3.37. The highest BCUT2D eigenvalue weighted by Crippen LogP contribution is 2.48. The van der Waals surface area contributed by atoms with Gasteiger partial charge >= 0.3 is 5.97 Å². The number of rotatable bonds is 5. The third-order valence-electron chi connectivity index (χ3n) is 7.50. The molecule has 0 fully saturated rings. The minimum absolute atomic E-state index is 0.301. The number of halogens is 1. The first-order valence-electron chi connectivity index (χ1n) is 14.0. The number of esters is 1. The zero-order chi connectivity index (χ0) is 29.5. The summed E-state index contributed by atoms with van der Waals surface area (Å²) >= 11 is 0. The van der Waals surface area contributed by atoms with Gasteiger partial charge in [-0.2, -0.15) is 5.10 Å². The number of nitrogens with one attached hydrogen (secondary N) is 1. The Labute approximate surface area is 247 Å². The quantitative estimate of drug-likeness (QED) is 0.224. The lowest BCUT2D eigenvalue weighted by Crippen LogP contribution is -2.46. The number of ether oxygens (including phenoxy) is 1. The second-order valence-corrected chi connectivity index (χ2v) is 10.2. The molecular formula is C34H27FN6O2. The molecule has 0 spiro atoms. The highest BCUT2D eigenvalue weighted by Gasteiger charge is 2.42. The van der Waals surface area contributed by atoms with Crippen LogP contribution in [0.1, 0.15) is 40.1 Å². The Kier molecular flexibility index (Phi) is 6.54. The standard InChI is InChI=1S/C34H27FN6O2/c1-3-43-34(42)22-17-19-23(20-18-22)36-31-33-38-32-29(21(2)39-41(32)24-11-5-4-6-12-24)30(25-13-7-8-14-26(25)35)40(33)28-16-10-9-15-27(28)37-31/h4-20,30H,3H2,1-2H3,(H,36,37). The Morgan fingerprint density at radius 1 is 0.907 bits per heavy atom. The van der Waals surface area contributed by atoms with Gasteiger partial charge in [0.05, 0.1) is 41.0 Å². The highest BCUT2D eigenvalue weighted by molar-refractivity contribution is 6.51. The summed E-state index contributed by atoms with van der Waals surface area (Å²) in [5.74, 6) is 0.898. The van der Waals surface area contributed by atoms with Crippen molar-refractivity contribution in [3.05, 3.63) is 131 Å². The number of carbonyl (C=O) groups excluding carboxylic acids is 1. The maximum absolute atomic E-state index is 15.7. The topological polar surface area (TPSA) is 84.1 Å². The van der Waals surface area contributed by atoms with Gasteiger partial charge in [0.25, 0.3) is 0 Å². The van der Waals surface area contributed by atoms with Crippen molar-refractivity contribution < 1.29 is 13.9 Å². The van der Waals surface area contributed by atoms with Gasteiger partial charge in [-0.3, -0.25) is 0 Å². The maximum atomic E-state index is 15.7. The third kappa shape index (κ3) is 4.55. The molecule has 2 aliphatic rings. The number of benzene rings is 4. The Hall–Kier alpha value is -5.57. The van der Waals surface area contributed by atoms with E-state index < -0.39 is 6.04 Å². The van der Waals surface area contributed by atoms with Crippen molar-refractivity contribution >= 4 is 40.5 Å². The van der Waals surface area contributed by atoms with Crippen LogP contribution in [0.15, 0.2) is 113 Å². The van der Waals surface area contributed by atoms with E-state index in [-0.39, 0.29) is 11.8 Å². The number of nitrogens with zero attached hydrogens (tertiary/aromatic N) is 5. The summed E-state index contributed by atoms with van der Waals surface area (Å²) in [6, 6.07) is 30.7. The fraction of sp³-hybridized carbons (Fsp3) is 0.118. The summed E-state index contributed by atoms with van der Waals surface area (Å²) < 4.78 is 22.6. The van der Waals surface area contributed by atoms with E-state index in [4.69, 9.17) is 19.8 Å². The van der Waals surface area contributed by atoms with Crippen LogP contribution < -0.4 is 10.2 Å². The van der Waals surface area contributed by atoms with E-state index in [9.17, 15) is 4.79 Å². The monoisotopic (exact) mass is 570 g/mol. The molecule has 1 N–H and O–H groups in total. The zero-order valence-corrected chi connectivity index (χ0v) is 23.5. The van der Waals surface area contributed by atoms with Crippen LogP contribution in [0.25, 0.3) is 5.69 Å². The highest BCUT2D eigenvalue weighted by atomic mass is 19.1. The molecule has 212 valence electrons. The molecule has 43 heavy (non-hydrogen) atoms. The lowest BCUT2D eigenvalue weighted by atomic mass is 9.93. The fourth-order valence-corrected chi connectivity index (χ4v) is 5.58. The Morgan fingerprint density at radius 2 is 1.63 bits per heavy atom. The first kappa shape index (κ1) is 26.3. The van der Waals surface area contributed by atoms with Gasteiger partial charge in [0.1, 0.15) is 5.82 Å². The summed E-state index contributed by atoms with van der Waals surface area (Å²) in [5, 5.41) is 8.29. The number of fused-ring (bicyclic) bond motifs is 4. The number of hydrogen-bond acceptors (Lipinski definition) is 7. The second-order valence-electron chi connectivity index (χ2n) is 10.2. The minimum atomic E-state index is -0.569. The number of carbonyl (C=O) groups is 1. The fourth-order valence-electron chi connectivity index (χ4n) is 5.58. The third-order valence-corrected chi connectivity index (χ3v) is 7.50. The van der Waals surface area contributed by atoms with Crippen LogP contribution in [-0.4, -0.2) is 34.0 Å². The molecule has 3 heterocycles. The lowest BCUT2D eigenvalue weighted by molar-refractivity contribution is 0.0526. The number of amidine groups is 2. The molecular weight excluding hydrogens is 543 g/mol.